The zero-order chi connectivity index (χ0) is 17.3. The second-order valence-corrected chi connectivity index (χ2v) is 7.17. The summed E-state index contributed by atoms with van der Waals surface area (Å²) in [6.07, 6.45) is 0.280. The van der Waals surface area contributed by atoms with Crippen molar-refractivity contribution in [3.05, 3.63) is 40.5 Å². The standard InChI is InChI=1S/C15H17FN2O5S/c1-9-15(10(2)23-18-9)24(19,20)17-4-3-11-5-13(16)6-12-7-21-8-22-14(11)12/h5-6,17H,3-4,7-8H2,1-2H3. The van der Waals surface area contributed by atoms with Crippen LogP contribution >= 0.6 is 0 Å². The number of rotatable bonds is 5. The zero-order valence-electron chi connectivity index (χ0n) is 13.3. The van der Waals surface area contributed by atoms with Gasteiger partial charge in [0.1, 0.15) is 22.2 Å². The largest absolute Gasteiger partial charge is 0.467 e. The van der Waals surface area contributed by atoms with Gasteiger partial charge in [-0.2, -0.15) is 0 Å². The van der Waals surface area contributed by atoms with Crippen molar-refractivity contribution in [2.45, 2.75) is 31.8 Å². The van der Waals surface area contributed by atoms with E-state index in [0.717, 1.165) is 0 Å². The smallest absolute Gasteiger partial charge is 0.245 e. The minimum absolute atomic E-state index is 0.0356. The minimum Gasteiger partial charge on any atom is -0.467 e. The van der Waals surface area contributed by atoms with Crippen LogP contribution in [0.4, 0.5) is 4.39 Å². The van der Waals surface area contributed by atoms with Crippen molar-refractivity contribution in [1.82, 2.24) is 9.88 Å². The summed E-state index contributed by atoms with van der Waals surface area (Å²) in [6, 6.07) is 2.69. The fraction of sp³-hybridized carbons (Fsp3) is 0.400. The molecule has 2 heterocycles. The van der Waals surface area contributed by atoms with Gasteiger partial charge >= 0.3 is 0 Å². The van der Waals surface area contributed by atoms with Gasteiger partial charge in [-0.25, -0.2) is 17.5 Å². The molecule has 3 rings (SSSR count). The third-order valence-corrected chi connectivity index (χ3v) is 5.38. The number of aromatic nitrogens is 1. The van der Waals surface area contributed by atoms with Gasteiger partial charge in [-0.15, -0.1) is 0 Å². The second-order valence-electron chi connectivity index (χ2n) is 5.46. The number of benzene rings is 1. The van der Waals surface area contributed by atoms with Crippen LogP contribution in [0.25, 0.3) is 0 Å². The Morgan fingerprint density at radius 3 is 2.83 bits per heavy atom. The molecule has 130 valence electrons. The number of ether oxygens (including phenoxy) is 2. The molecule has 0 atom stereocenters. The fourth-order valence-electron chi connectivity index (χ4n) is 2.69. The molecule has 0 aliphatic carbocycles. The lowest BCUT2D eigenvalue weighted by atomic mass is 10.1. The summed E-state index contributed by atoms with van der Waals surface area (Å²) < 4.78 is 56.3. The highest BCUT2D eigenvalue weighted by Crippen LogP contribution is 2.29. The lowest BCUT2D eigenvalue weighted by Gasteiger charge is -2.21. The first-order valence-corrected chi connectivity index (χ1v) is 8.81. The maximum absolute atomic E-state index is 13.7. The highest BCUT2D eigenvalue weighted by atomic mass is 32.2. The Bertz CT molecular complexity index is 843. The molecule has 0 saturated heterocycles. The van der Waals surface area contributed by atoms with E-state index in [-0.39, 0.29) is 37.0 Å². The summed E-state index contributed by atoms with van der Waals surface area (Å²) in [5.74, 6) is 0.370. The average Bonchev–Trinajstić information content (AvgIpc) is 2.86. The summed E-state index contributed by atoms with van der Waals surface area (Å²) in [7, 11) is -3.75. The van der Waals surface area contributed by atoms with E-state index >= 15 is 0 Å². The molecular formula is C15H17FN2O5S. The van der Waals surface area contributed by atoms with Gasteiger partial charge in [0.2, 0.25) is 10.0 Å². The number of halogens is 1. The number of nitrogens with one attached hydrogen (secondary N) is 1. The maximum atomic E-state index is 13.7. The average molecular weight is 356 g/mol. The van der Waals surface area contributed by atoms with E-state index in [2.05, 4.69) is 9.88 Å². The third kappa shape index (κ3) is 3.28. The lowest BCUT2D eigenvalue weighted by Crippen LogP contribution is -2.27. The van der Waals surface area contributed by atoms with E-state index in [9.17, 15) is 12.8 Å². The fourth-order valence-corrected chi connectivity index (χ4v) is 4.05. The molecule has 0 amide bonds. The normalized spacial score (nSPS) is 14.3. The first-order chi connectivity index (χ1) is 11.4. The summed E-state index contributed by atoms with van der Waals surface area (Å²) in [5, 5.41) is 3.64. The van der Waals surface area contributed by atoms with Crippen LogP contribution in [0.3, 0.4) is 0 Å². The Labute approximate surface area is 138 Å². The third-order valence-electron chi connectivity index (χ3n) is 3.67. The van der Waals surface area contributed by atoms with Crippen LogP contribution in [0, 0.1) is 19.7 Å². The van der Waals surface area contributed by atoms with Gasteiger partial charge in [-0.05, 0) is 38.0 Å². The van der Waals surface area contributed by atoms with Crippen LogP contribution < -0.4 is 9.46 Å². The van der Waals surface area contributed by atoms with Gasteiger partial charge in [-0.3, -0.25) is 0 Å². The van der Waals surface area contributed by atoms with Gasteiger partial charge in [0.05, 0.1) is 6.61 Å². The van der Waals surface area contributed by atoms with Crippen molar-refractivity contribution in [2.75, 3.05) is 13.3 Å². The van der Waals surface area contributed by atoms with Gasteiger partial charge in [-0.1, -0.05) is 5.16 Å². The van der Waals surface area contributed by atoms with Crippen LogP contribution in [0.2, 0.25) is 0 Å². The van der Waals surface area contributed by atoms with Crippen molar-refractivity contribution < 1.29 is 26.8 Å². The molecule has 24 heavy (non-hydrogen) atoms. The van der Waals surface area contributed by atoms with E-state index in [4.69, 9.17) is 14.0 Å². The molecule has 0 fully saturated rings. The number of hydrogen-bond donors (Lipinski definition) is 1. The Balaban J connectivity index is 1.74. The zero-order valence-corrected chi connectivity index (χ0v) is 14.1. The molecule has 9 heteroatoms. The predicted octanol–water partition coefficient (Wildman–Crippen LogP) is 1.82. The summed E-state index contributed by atoms with van der Waals surface area (Å²) >= 11 is 0. The van der Waals surface area contributed by atoms with Gasteiger partial charge in [0, 0.05) is 12.1 Å². The Kier molecular flexibility index (Phi) is 4.57. The molecule has 2 aromatic rings. The number of nitrogens with zero attached hydrogens (tertiary/aromatic N) is 1. The molecule has 0 unspecified atom stereocenters. The van der Waals surface area contributed by atoms with Gasteiger partial charge < -0.3 is 14.0 Å². The molecule has 1 aliphatic rings. The molecule has 7 nitrogen and oxygen atoms in total. The number of hydrogen-bond acceptors (Lipinski definition) is 6. The highest BCUT2D eigenvalue weighted by molar-refractivity contribution is 7.89. The Morgan fingerprint density at radius 2 is 2.12 bits per heavy atom. The summed E-state index contributed by atoms with van der Waals surface area (Å²) in [4.78, 5) is 0.0356. The molecule has 0 spiro atoms. The van der Waals surface area contributed by atoms with Crippen molar-refractivity contribution in [2.24, 2.45) is 0 Å². The molecule has 0 radical (unpaired) electrons. The molecule has 1 N–H and O–H groups in total. The first-order valence-electron chi connectivity index (χ1n) is 7.33. The minimum atomic E-state index is -3.75. The van der Waals surface area contributed by atoms with Crippen LogP contribution in [-0.2, 0) is 27.8 Å². The van der Waals surface area contributed by atoms with E-state index < -0.39 is 15.8 Å². The quantitative estimate of drug-likeness (QED) is 0.879. The van der Waals surface area contributed by atoms with Gasteiger partial charge in [0.15, 0.2) is 12.6 Å². The van der Waals surface area contributed by atoms with Crippen LogP contribution in [0.5, 0.6) is 5.75 Å². The number of sulfonamides is 1. The molecule has 1 aromatic carbocycles. The Hall–Kier alpha value is -1.97. The summed E-state index contributed by atoms with van der Waals surface area (Å²) in [5.41, 5.74) is 1.50. The molecule has 1 aliphatic heterocycles. The lowest BCUT2D eigenvalue weighted by molar-refractivity contribution is -0.0172. The van der Waals surface area contributed by atoms with Gasteiger partial charge in [0.25, 0.3) is 0 Å². The van der Waals surface area contributed by atoms with E-state index in [1.54, 1.807) is 6.92 Å². The van der Waals surface area contributed by atoms with Crippen molar-refractivity contribution in [1.29, 1.82) is 0 Å². The topological polar surface area (TPSA) is 90.7 Å². The SMILES string of the molecule is Cc1noc(C)c1S(=O)(=O)NCCc1cc(F)cc2c1OCOC2. The Morgan fingerprint density at radius 1 is 1.33 bits per heavy atom. The molecule has 0 saturated carbocycles. The van der Waals surface area contributed by atoms with E-state index in [1.807, 2.05) is 0 Å². The summed E-state index contributed by atoms with van der Waals surface area (Å²) in [6.45, 7) is 3.54. The van der Waals surface area contributed by atoms with E-state index in [1.165, 1.54) is 19.1 Å². The monoisotopic (exact) mass is 356 g/mol. The van der Waals surface area contributed by atoms with Crippen molar-refractivity contribution in [3.8, 4) is 5.75 Å². The number of fused-ring (bicyclic) bond motifs is 1. The second kappa shape index (κ2) is 6.50. The van der Waals surface area contributed by atoms with Crippen LogP contribution in [0.15, 0.2) is 21.6 Å². The van der Waals surface area contributed by atoms with Crippen molar-refractivity contribution >= 4 is 10.0 Å². The maximum Gasteiger partial charge on any atom is 0.245 e. The molecule has 1 aromatic heterocycles. The van der Waals surface area contributed by atoms with Crippen LogP contribution in [-0.4, -0.2) is 26.9 Å². The molecule has 0 bridgehead atoms. The van der Waals surface area contributed by atoms with Crippen LogP contribution in [0.1, 0.15) is 22.6 Å². The van der Waals surface area contributed by atoms with Crippen molar-refractivity contribution in [3.63, 3.8) is 0 Å². The predicted molar refractivity (Wildman–Crippen MR) is 81.6 cm³/mol. The molecular weight excluding hydrogens is 339 g/mol. The first kappa shape index (κ1) is 16.9. The van der Waals surface area contributed by atoms with E-state index in [0.29, 0.717) is 22.6 Å². The number of aryl methyl sites for hydroxylation is 2. The highest BCUT2D eigenvalue weighted by Gasteiger charge is 2.24.